The van der Waals surface area contributed by atoms with Gasteiger partial charge in [0.1, 0.15) is 5.75 Å². The largest absolute Gasteiger partial charge is 0.492 e. The van der Waals surface area contributed by atoms with E-state index >= 15 is 0 Å². The van der Waals surface area contributed by atoms with Crippen LogP contribution in [0.15, 0.2) is 24.5 Å². The molecule has 3 aliphatic carbocycles. The van der Waals surface area contributed by atoms with Crippen LogP contribution >= 0.6 is 0 Å². The van der Waals surface area contributed by atoms with Crippen LogP contribution in [-0.4, -0.2) is 24.2 Å². The molecule has 0 radical (unpaired) electrons. The molecule has 6 atom stereocenters. The molecular formula is C26H35NO3. The molecule has 0 bridgehead atoms. The zero-order chi connectivity index (χ0) is 20.9. The molecule has 162 valence electrons. The lowest BCUT2D eigenvalue weighted by molar-refractivity contribution is -0.143. The Labute approximate surface area is 180 Å². The number of esters is 1. The minimum absolute atomic E-state index is 0.0225. The number of hydrogen-bond acceptors (Lipinski definition) is 4. The minimum atomic E-state index is 0.0225. The third kappa shape index (κ3) is 3.01. The van der Waals surface area contributed by atoms with Crippen molar-refractivity contribution in [1.82, 2.24) is 4.98 Å². The van der Waals surface area contributed by atoms with Crippen molar-refractivity contribution in [1.29, 1.82) is 0 Å². The lowest BCUT2D eigenvalue weighted by Gasteiger charge is -2.58. The molecule has 2 saturated carbocycles. The predicted molar refractivity (Wildman–Crippen MR) is 117 cm³/mol. The molecule has 2 heterocycles. The van der Waals surface area contributed by atoms with Gasteiger partial charge < -0.3 is 9.47 Å². The molecule has 1 aliphatic heterocycles. The van der Waals surface area contributed by atoms with Crippen molar-refractivity contribution in [3.05, 3.63) is 30.1 Å². The second-order valence-corrected chi connectivity index (χ2v) is 10.5. The fourth-order valence-electron chi connectivity index (χ4n) is 7.73. The normalized spacial score (nSPS) is 40.4. The van der Waals surface area contributed by atoms with Crippen LogP contribution in [0.5, 0.6) is 5.75 Å². The highest BCUT2D eigenvalue weighted by Crippen LogP contribution is 2.66. The maximum Gasteiger partial charge on any atom is 0.306 e. The van der Waals surface area contributed by atoms with Gasteiger partial charge in [-0.05, 0) is 97.2 Å². The molecule has 5 rings (SSSR count). The predicted octanol–water partition coefficient (Wildman–Crippen LogP) is 5.67. The summed E-state index contributed by atoms with van der Waals surface area (Å²) in [5, 5.41) is 0. The van der Waals surface area contributed by atoms with Crippen molar-refractivity contribution < 1.29 is 14.3 Å². The molecule has 4 nitrogen and oxygen atoms in total. The Bertz CT molecular complexity index is 864. The zero-order valence-corrected chi connectivity index (χ0v) is 18.7. The summed E-state index contributed by atoms with van der Waals surface area (Å²) in [5.74, 6) is 3.54. The smallest absolute Gasteiger partial charge is 0.306 e. The average molecular weight is 410 g/mol. The first kappa shape index (κ1) is 20.1. The van der Waals surface area contributed by atoms with Crippen LogP contribution in [0, 0.1) is 34.5 Å². The van der Waals surface area contributed by atoms with E-state index in [1.165, 1.54) is 43.2 Å². The maximum absolute atomic E-state index is 12.1. The third-order valence-electron chi connectivity index (χ3n) is 9.30. The van der Waals surface area contributed by atoms with E-state index in [4.69, 9.17) is 9.47 Å². The molecule has 4 aliphatic rings. The van der Waals surface area contributed by atoms with Crippen LogP contribution < -0.4 is 4.74 Å². The van der Waals surface area contributed by atoms with E-state index in [9.17, 15) is 4.79 Å². The summed E-state index contributed by atoms with van der Waals surface area (Å²) in [6.45, 7) is 8.26. The number of carbonyl (C=O) groups excluding carboxylic acids is 1. The van der Waals surface area contributed by atoms with E-state index in [1.807, 2.05) is 19.3 Å². The van der Waals surface area contributed by atoms with Crippen LogP contribution in [-0.2, 0) is 9.53 Å². The number of allylic oxidation sites excluding steroid dienone is 2. The Kier molecular flexibility index (Phi) is 4.95. The summed E-state index contributed by atoms with van der Waals surface area (Å²) in [5.41, 5.74) is 3.17. The topological polar surface area (TPSA) is 48.4 Å². The molecule has 3 fully saturated rings. The van der Waals surface area contributed by atoms with Gasteiger partial charge in [0.25, 0.3) is 0 Å². The van der Waals surface area contributed by atoms with Gasteiger partial charge in [0.15, 0.2) is 0 Å². The summed E-state index contributed by atoms with van der Waals surface area (Å²) in [7, 11) is 0. The van der Waals surface area contributed by atoms with Crippen molar-refractivity contribution >= 4 is 11.5 Å². The molecular weight excluding hydrogens is 374 g/mol. The molecule has 1 saturated heterocycles. The van der Waals surface area contributed by atoms with E-state index in [-0.39, 0.29) is 16.8 Å². The van der Waals surface area contributed by atoms with E-state index in [0.29, 0.717) is 37.4 Å². The summed E-state index contributed by atoms with van der Waals surface area (Å²) >= 11 is 0. The van der Waals surface area contributed by atoms with Gasteiger partial charge in [-0.3, -0.25) is 9.78 Å². The lowest BCUT2D eigenvalue weighted by atomic mass is 9.46. The Balaban J connectivity index is 1.42. The molecule has 30 heavy (non-hydrogen) atoms. The highest BCUT2D eigenvalue weighted by molar-refractivity contribution is 5.73. The van der Waals surface area contributed by atoms with E-state index in [0.717, 1.165) is 18.1 Å². The van der Waals surface area contributed by atoms with Gasteiger partial charge in [-0.2, -0.15) is 0 Å². The second-order valence-electron chi connectivity index (χ2n) is 10.5. The van der Waals surface area contributed by atoms with Gasteiger partial charge in [-0.15, -0.1) is 0 Å². The van der Waals surface area contributed by atoms with Crippen LogP contribution in [0.3, 0.4) is 0 Å². The van der Waals surface area contributed by atoms with Gasteiger partial charge in [-0.25, -0.2) is 0 Å². The molecule has 1 aromatic rings. The maximum atomic E-state index is 12.1. The van der Waals surface area contributed by atoms with Gasteiger partial charge in [0, 0.05) is 12.6 Å². The summed E-state index contributed by atoms with van der Waals surface area (Å²) in [4.78, 5) is 16.6. The number of aromatic nitrogens is 1. The number of rotatable bonds is 3. The van der Waals surface area contributed by atoms with Gasteiger partial charge in [0.05, 0.1) is 19.4 Å². The number of fused-ring (bicyclic) bond motifs is 5. The number of carbonyl (C=O) groups is 1. The summed E-state index contributed by atoms with van der Waals surface area (Å²) in [6, 6.07) is 2.18. The summed E-state index contributed by atoms with van der Waals surface area (Å²) in [6.07, 6.45) is 14.1. The first-order valence-electron chi connectivity index (χ1n) is 11.9. The van der Waals surface area contributed by atoms with Gasteiger partial charge in [0.2, 0.25) is 0 Å². The number of nitrogens with zero attached hydrogens (tertiary/aromatic N) is 1. The summed E-state index contributed by atoms with van der Waals surface area (Å²) < 4.78 is 11.2. The average Bonchev–Trinajstić information content (AvgIpc) is 2.99. The Morgan fingerprint density at radius 1 is 1.17 bits per heavy atom. The fourth-order valence-corrected chi connectivity index (χ4v) is 7.73. The van der Waals surface area contributed by atoms with Gasteiger partial charge in [-0.1, -0.05) is 19.9 Å². The number of hydrogen-bond donors (Lipinski definition) is 0. The number of cyclic esters (lactones) is 1. The zero-order valence-electron chi connectivity index (χ0n) is 18.7. The van der Waals surface area contributed by atoms with Crippen molar-refractivity contribution in [2.45, 2.75) is 65.7 Å². The van der Waals surface area contributed by atoms with Crippen LogP contribution in [0.4, 0.5) is 0 Å². The Hall–Kier alpha value is -1.84. The molecule has 0 amide bonds. The first-order valence-corrected chi connectivity index (χ1v) is 11.9. The second kappa shape index (κ2) is 7.39. The molecule has 0 spiro atoms. The van der Waals surface area contributed by atoms with Crippen LogP contribution in [0.2, 0.25) is 0 Å². The highest BCUT2D eigenvalue weighted by atomic mass is 16.5. The van der Waals surface area contributed by atoms with Crippen molar-refractivity contribution in [3.63, 3.8) is 0 Å². The first-order chi connectivity index (χ1) is 14.5. The molecule has 3 unspecified atom stereocenters. The number of pyridine rings is 1. The molecule has 0 aromatic carbocycles. The third-order valence-corrected chi connectivity index (χ3v) is 9.30. The van der Waals surface area contributed by atoms with Crippen molar-refractivity contribution in [3.8, 4) is 5.75 Å². The van der Waals surface area contributed by atoms with E-state index in [2.05, 4.69) is 31.0 Å². The number of ether oxygens (including phenoxy) is 2. The molecule has 4 heteroatoms. The van der Waals surface area contributed by atoms with Crippen LogP contribution in [0.1, 0.15) is 71.3 Å². The van der Waals surface area contributed by atoms with E-state index < -0.39 is 0 Å². The van der Waals surface area contributed by atoms with Gasteiger partial charge >= 0.3 is 5.97 Å². The monoisotopic (exact) mass is 409 g/mol. The fraction of sp³-hybridized carbons (Fsp3) is 0.692. The quantitative estimate of drug-likeness (QED) is 0.604. The Morgan fingerprint density at radius 3 is 2.87 bits per heavy atom. The van der Waals surface area contributed by atoms with E-state index in [1.54, 1.807) is 0 Å². The molecule has 0 N–H and O–H groups in total. The van der Waals surface area contributed by atoms with Crippen molar-refractivity contribution in [2.75, 3.05) is 13.2 Å². The van der Waals surface area contributed by atoms with Crippen molar-refractivity contribution in [2.24, 2.45) is 34.5 Å². The lowest BCUT2D eigenvalue weighted by Crippen LogP contribution is -2.51. The molecule has 1 aromatic heterocycles. The SMILES string of the molecule is CCOc1cncc(C2=CCC3[C@@H]4CCC5CC(=O)OCC[C@]5(C)C4CC[C@]23C)c1. The minimum Gasteiger partial charge on any atom is -0.492 e. The Morgan fingerprint density at radius 2 is 2.03 bits per heavy atom. The standard InChI is InChI=1S/C26H35NO3/c1-4-29-19-13-17(15-27-16-19)21-7-8-22-20-6-5-18-14-24(28)30-12-11-25(18,2)23(20)9-10-26(21,22)3/h7,13,15-16,18,20,22-23H,4-6,8-12,14H2,1-3H3/t18?,20-,22?,23?,25-,26+/m0/s1. The highest BCUT2D eigenvalue weighted by Gasteiger charge is 2.58. The van der Waals surface area contributed by atoms with Crippen LogP contribution in [0.25, 0.3) is 5.57 Å².